The number of methoxy groups -OCH3 is 1. The predicted octanol–water partition coefficient (Wildman–Crippen LogP) is 6.20. The number of para-hydroxylation sites is 1. The van der Waals surface area contributed by atoms with Crippen molar-refractivity contribution in [2.45, 2.75) is 96.4 Å². The highest BCUT2D eigenvalue weighted by atomic mass is 28.4. The van der Waals surface area contributed by atoms with Crippen molar-refractivity contribution in [2.24, 2.45) is 17.8 Å². The van der Waals surface area contributed by atoms with Crippen LogP contribution in [-0.2, 0) is 20.7 Å². The summed E-state index contributed by atoms with van der Waals surface area (Å²) in [6.07, 6.45) is 8.59. The average Bonchev–Trinajstić information content (AvgIpc) is 3.31. The van der Waals surface area contributed by atoms with Gasteiger partial charge in [-0.1, -0.05) is 52.0 Å². The molecule has 1 aliphatic heterocycles. The average molecular weight is 501 g/mol. The van der Waals surface area contributed by atoms with Crippen LogP contribution in [0.3, 0.4) is 0 Å². The molecule has 2 aliphatic rings. The Morgan fingerprint density at radius 2 is 2.03 bits per heavy atom. The Hall–Kier alpha value is -1.92. The first-order valence-corrected chi connectivity index (χ1v) is 16.1. The molecule has 0 spiro atoms. The van der Waals surface area contributed by atoms with E-state index in [1.807, 2.05) is 26.9 Å². The van der Waals surface area contributed by atoms with Gasteiger partial charge in [-0.05, 0) is 73.7 Å². The Labute approximate surface area is 212 Å². The van der Waals surface area contributed by atoms with Gasteiger partial charge in [0, 0.05) is 23.8 Å². The van der Waals surface area contributed by atoms with Crippen molar-refractivity contribution in [2.75, 3.05) is 7.11 Å². The first-order valence-electron chi connectivity index (χ1n) is 13.2. The third-order valence-electron chi connectivity index (χ3n) is 8.71. The first kappa shape index (κ1) is 27.7. The number of esters is 1. The highest BCUT2D eigenvalue weighted by Crippen LogP contribution is 2.58. The molecule has 0 saturated heterocycles. The molecule has 5 atom stereocenters. The minimum Gasteiger partial charge on any atom is -0.489 e. The number of carbonyl (C=O) groups is 2. The molecular formula is C29H44O5Si. The van der Waals surface area contributed by atoms with E-state index in [4.69, 9.17) is 9.47 Å². The molecule has 0 aromatic heterocycles. The molecule has 0 bridgehead atoms. The molecule has 0 unspecified atom stereocenters. The molecule has 1 N–H and O–H groups in total. The van der Waals surface area contributed by atoms with Crippen molar-refractivity contribution in [1.82, 2.24) is 0 Å². The normalized spacial score (nSPS) is 24.7. The van der Waals surface area contributed by atoms with Crippen LogP contribution in [0.4, 0.5) is 0 Å². The summed E-state index contributed by atoms with van der Waals surface area (Å²) in [5, 5.41) is -0.137. The van der Waals surface area contributed by atoms with Crippen molar-refractivity contribution in [1.29, 1.82) is 0 Å². The maximum absolute atomic E-state index is 12.7. The maximum atomic E-state index is 12.7. The Morgan fingerprint density at radius 3 is 2.66 bits per heavy atom. The minimum absolute atomic E-state index is 0.0238. The zero-order valence-electron chi connectivity index (χ0n) is 22.6. The summed E-state index contributed by atoms with van der Waals surface area (Å²) >= 11 is 0. The van der Waals surface area contributed by atoms with Crippen molar-refractivity contribution in [3.8, 4) is 5.75 Å². The fourth-order valence-electron chi connectivity index (χ4n) is 5.53. The van der Waals surface area contributed by atoms with Gasteiger partial charge in [0.25, 0.3) is 0 Å². The molecule has 35 heavy (non-hydrogen) atoms. The molecule has 6 heteroatoms. The Bertz CT molecular complexity index is 945. The van der Waals surface area contributed by atoms with Crippen LogP contribution >= 0.6 is 0 Å². The number of carbonyl (C=O) groups excluding carboxylic acids is 2. The van der Waals surface area contributed by atoms with Crippen LogP contribution in [0, 0.1) is 17.8 Å². The van der Waals surface area contributed by atoms with Gasteiger partial charge < -0.3 is 14.3 Å². The summed E-state index contributed by atoms with van der Waals surface area (Å²) in [5.41, 5.74) is 2.36. The van der Waals surface area contributed by atoms with Crippen molar-refractivity contribution in [3.63, 3.8) is 0 Å². The first-order chi connectivity index (χ1) is 16.4. The van der Waals surface area contributed by atoms with Gasteiger partial charge in [-0.3, -0.25) is 9.59 Å². The number of allylic oxidation sites excluding steroid dienone is 2. The van der Waals surface area contributed by atoms with E-state index in [0.29, 0.717) is 12.3 Å². The van der Waals surface area contributed by atoms with Gasteiger partial charge >= 0.3 is 5.97 Å². The van der Waals surface area contributed by atoms with E-state index in [-0.39, 0.29) is 40.6 Å². The lowest BCUT2D eigenvalue weighted by Crippen LogP contribution is -2.40. The summed E-state index contributed by atoms with van der Waals surface area (Å²) in [6.45, 7) is 12.4. The zero-order chi connectivity index (χ0) is 26.0. The second-order valence-electron chi connectivity index (χ2n) is 11.7. The topological polar surface area (TPSA) is 72.8 Å². The lowest BCUT2D eigenvalue weighted by molar-refractivity contribution is -0.140. The van der Waals surface area contributed by atoms with Crippen molar-refractivity contribution < 1.29 is 23.9 Å². The van der Waals surface area contributed by atoms with Gasteiger partial charge in [0.15, 0.2) is 14.1 Å². The van der Waals surface area contributed by atoms with Crippen LogP contribution in [-0.4, -0.2) is 38.1 Å². The molecule has 1 fully saturated rings. The molecule has 1 aromatic rings. The van der Waals surface area contributed by atoms with E-state index in [0.717, 1.165) is 43.4 Å². The summed E-state index contributed by atoms with van der Waals surface area (Å²) in [6, 6.07) is 6.35. The molecule has 1 heterocycles. The Balaban J connectivity index is 1.89. The highest BCUT2D eigenvalue weighted by Gasteiger charge is 2.52. The third kappa shape index (κ3) is 6.08. The predicted molar refractivity (Wildman–Crippen MR) is 142 cm³/mol. The number of fused-ring (bicyclic) bond motifs is 3. The van der Waals surface area contributed by atoms with Crippen molar-refractivity contribution >= 4 is 20.1 Å². The second kappa shape index (κ2) is 11.0. The van der Waals surface area contributed by atoms with Crippen LogP contribution in [0.25, 0.3) is 0 Å². The molecule has 1 aromatic carbocycles. The van der Waals surface area contributed by atoms with Crippen LogP contribution in [0.1, 0.15) is 76.8 Å². The lowest BCUT2D eigenvalue weighted by Gasteiger charge is -2.38. The zero-order valence-corrected chi connectivity index (χ0v) is 23.6. The molecule has 194 valence electrons. The minimum atomic E-state index is -2.36. The molecule has 0 radical (unpaired) electrons. The molecule has 1 saturated carbocycles. The van der Waals surface area contributed by atoms with Crippen LogP contribution in [0.5, 0.6) is 5.75 Å². The van der Waals surface area contributed by atoms with E-state index in [9.17, 15) is 14.4 Å². The van der Waals surface area contributed by atoms with Crippen LogP contribution in [0.2, 0.25) is 18.1 Å². The molecular weight excluding hydrogens is 456 g/mol. The number of rotatable bonds is 11. The van der Waals surface area contributed by atoms with E-state index in [1.165, 1.54) is 12.7 Å². The van der Waals surface area contributed by atoms with Gasteiger partial charge in [-0.15, -0.1) is 0 Å². The lowest BCUT2D eigenvalue weighted by atomic mass is 9.80. The maximum Gasteiger partial charge on any atom is 0.305 e. The van der Waals surface area contributed by atoms with E-state index < -0.39 is 8.32 Å². The van der Waals surface area contributed by atoms with Gasteiger partial charge in [0.2, 0.25) is 0 Å². The summed E-state index contributed by atoms with van der Waals surface area (Å²) in [4.78, 5) is 35.2. The second-order valence-corrected chi connectivity index (χ2v) is 16.2. The van der Waals surface area contributed by atoms with Crippen LogP contribution in [0.15, 0.2) is 30.4 Å². The number of hydrogen-bond donors (Lipinski definition) is 1. The quantitative estimate of drug-likeness (QED) is 0.222. The van der Waals surface area contributed by atoms with Gasteiger partial charge in [0.1, 0.15) is 11.9 Å². The Morgan fingerprint density at radius 1 is 1.31 bits per heavy atom. The van der Waals surface area contributed by atoms with E-state index in [2.05, 4.69) is 38.1 Å². The van der Waals surface area contributed by atoms with Crippen LogP contribution < -0.4 is 4.74 Å². The summed E-state index contributed by atoms with van der Waals surface area (Å²) in [5.74, 6) is 1.72. The highest BCUT2D eigenvalue weighted by molar-refractivity contribution is 6.72. The summed E-state index contributed by atoms with van der Waals surface area (Å²) in [7, 11) is -0.943. The largest absolute Gasteiger partial charge is 0.489 e. The number of benzene rings is 1. The van der Waals surface area contributed by atoms with Gasteiger partial charge in [-0.2, -0.15) is 0 Å². The fourth-order valence-corrected chi connectivity index (χ4v) is 6.29. The standard InChI is InChI=1S/C29H44O5Si/c1-8-19(2)24(30)16-15-22-21(18-29(3,4)35(6,7)32)17-25-27(22)23-13-9-11-20(28(23)34-25)12-10-14-26(31)33-5/h9,11,13,15-16,19,21-22,25,27,32H,8,10,12,14,17-18H2,1-7H3/b16-15+/t19-,21-,22-,25-,27-/m0/s1. The fraction of sp³-hybridized carbons (Fsp3) is 0.655. The smallest absolute Gasteiger partial charge is 0.305 e. The Kier molecular flexibility index (Phi) is 8.69. The number of ketones is 1. The number of aryl methyl sites for hydroxylation is 1. The van der Waals surface area contributed by atoms with E-state index in [1.54, 1.807) is 6.08 Å². The van der Waals surface area contributed by atoms with E-state index >= 15 is 0 Å². The molecule has 1 aliphatic carbocycles. The molecule has 3 rings (SSSR count). The van der Waals surface area contributed by atoms with Gasteiger partial charge in [0.05, 0.1) is 7.11 Å². The molecule has 0 amide bonds. The monoisotopic (exact) mass is 500 g/mol. The molecule has 5 nitrogen and oxygen atoms in total. The van der Waals surface area contributed by atoms with Crippen molar-refractivity contribution in [3.05, 3.63) is 41.5 Å². The SMILES string of the molecule is CC[C@H](C)C(=O)/C=C/[C@H]1[C@H](CC(C)(C)[Si](C)(C)O)C[C@@H]2Oc3c(CCCC(=O)OC)cccc3[C@H]12. The summed E-state index contributed by atoms with van der Waals surface area (Å²) < 4.78 is 11.4. The number of ether oxygens (including phenoxy) is 2. The van der Waals surface area contributed by atoms with Gasteiger partial charge in [-0.25, -0.2) is 0 Å². The number of hydrogen-bond acceptors (Lipinski definition) is 5. The third-order valence-corrected chi connectivity index (χ3v) is 12.2.